The Morgan fingerprint density at radius 3 is 2.40 bits per heavy atom. The van der Waals surface area contributed by atoms with E-state index < -0.39 is 0 Å². The van der Waals surface area contributed by atoms with Gasteiger partial charge in [0.05, 0.1) is 0 Å². The third-order valence-corrected chi connectivity index (χ3v) is 2.79. The summed E-state index contributed by atoms with van der Waals surface area (Å²) >= 11 is 0. The number of H-pyrrole nitrogens is 1. The van der Waals surface area contributed by atoms with E-state index in [2.05, 4.69) is 40.9 Å². The number of aromatic nitrogens is 3. The van der Waals surface area contributed by atoms with Crippen LogP contribution in [0.5, 0.6) is 0 Å². The Morgan fingerprint density at radius 2 is 2.00 bits per heavy atom. The zero-order valence-corrected chi connectivity index (χ0v) is 9.82. The lowest BCUT2D eigenvalue weighted by Gasteiger charge is -2.23. The van der Waals surface area contributed by atoms with Crippen molar-refractivity contribution in [2.45, 2.75) is 33.6 Å². The van der Waals surface area contributed by atoms with Crippen molar-refractivity contribution >= 4 is 11.9 Å². The maximum Gasteiger partial charge on any atom is 0.246 e. The van der Waals surface area contributed by atoms with Crippen LogP contribution in [-0.2, 0) is 0 Å². The van der Waals surface area contributed by atoms with E-state index in [1.807, 2.05) is 0 Å². The molecule has 3 N–H and O–H groups in total. The van der Waals surface area contributed by atoms with E-state index in [0.29, 0.717) is 17.8 Å². The number of nitrogens with zero attached hydrogens (tertiary/aromatic N) is 3. The molecule has 0 aliphatic carbocycles. The minimum absolute atomic E-state index is 0.382. The molecule has 0 fully saturated rings. The summed E-state index contributed by atoms with van der Waals surface area (Å²) in [5.41, 5.74) is 5.51. The van der Waals surface area contributed by atoms with Crippen LogP contribution in [0, 0.1) is 5.92 Å². The number of anilines is 2. The third-order valence-electron chi connectivity index (χ3n) is 2.79. The van der Waals surface area contributed by atoms with Gasteiger partial charge in [-0.05, 0) is 12.8 Å². The standard InChI is InChI=1S/C10H21N5/c1-4-8(5-2)7-15(6-3)10-12-9(11)13-14-10/h8H,4-7H2,1-3H3,(H3,11,12,13,14). The predicted octanol–water partition coefficient (Wildman–Crippen LogP) is 1.65. The fraction of sp³-hybridized carbons (Fsp3) is 0.800. The van der Waals surface area contributed by atoms with Gasteiger partial charge in [-0.1, -0.05) is 26.7 Å². The van der Waals surface area contributed by atoms with E-state index >= 15 is 0 Å². The second kappa shape index (κ2) is 5.58. The summed E-state index contributed by atoms with van der Waals surface area (Å²) in [6.45, 7) is 8.45. The minimum Gasteiger partial charge on any atom is -0.368 e. The number of hydrogen-bond donors (Lipinski definition) is 2. The Labute approximate surface area is 91.1 Å². The summed E-state index contributed by atoms with van der Waals surface area (Å²) < 4.78 is 0. The van der Waals surface area contributed by atoms with Gasteiger partial charge >= 0.3 is 0 Å². The average Bonchev–Trinajstić information content (AvgIpc) is 2.67. The molecule has 1 aromatic heterocycles. The average molecular weight is 211 g/mol. The van der Waals surface area contributed by atoms with E-state index in [9.17, 15) is 0 Å². The van der Waals surface area contributed by atoms with Gasteiger partial charge in [0.2, 0.25) is 11.9 Å². The Bertz CT molecular complexity index is 279. The summed E-state index contributed by atoms with van der Waals surface area (Å²) in [6.07, 6.45) is 2.37. The van der Waals surface area contributed by atoms with Gasteiger partial charge in [-0.2, -0.15) is 4.98 Å². The van der Waals surface area contributed by atoms with Gasteiger partial charge < -0.3 is 10.6 Å². The fourth-order valence-electron chi connectivity index (χ4n) is 1.62. The molecule has 0 radical (unpaired) electrons. The smallest absolute Gasteiger partial charge is 0.246 e. The molecule has 5 heteroatoms. The van der Waals surface area contributed by atoms with Gasteiger partial charge in [-0.15, -0.1) is 5.10 Å². The fourth-order valence-corrected chi connectivity index (χ4v) is 1.62. The number of nitrogens with two attached hydrogens (primary N) is 1. The normalized spacial score (nSPS) is 10.9. The van der Waals surface area contributed by atoms with Crippen molar-refractivity contribution in [2.75, 3.05) is 23.7 Å². The minimum atomic E-state index is 0.382. The van der Waals surface area contributed by atoms with E-state index in [1.165, 1.54) is 12.8 Å². The second-order valence-electron chi connectivity index (χ2n) is 3.74. The third kappa shape index (κ3) is 3.11. The summed E-state index contributed by atoms with van der Waals surface area (Å²) in [6, 6.07) is 0. The lowest BCUT2D eigenvalue weighted by atomic mass is 10.0. The molecule has 1 aromatic rings. The molecule has 5 nitrogen and oxygen atoms in total. The molecule has 0 aliphatic rings. The van der Waals surface area contributed by atoms with E-state index in [0.717, 1.165) is 13.1 Å². The number of hydrogen-bond acceptors (Lipinski definition) is 4. The monoisotopic (exact) mass is 211 g/mol. The number of nitrogen functional groups attached to an aromatic ring is 1. The predicted molar refractivity (Wildman–Crippen MR) is 62.8 cm³/mol. The van der Waals surface area contributed by atoms with Crippen molar-refractivity contribution in [2.24, 2.45) is 5.92 Å². The van der Waals surface area contributed by atoms with E-state index in [4.69, 9.17) is 5.73 Å². The molecule has 15 heavy (non-hydrogen) atoms. The molecular formula is C10H21N5. The summed E-state index contributed by atoms with van der Waals surface area (Å²) in [7, 11) is 0. The van der Waals surface area contributed by atoms with Crippen LogP contribution in [0.1, 0.15) is 33.6 Å². The van der Waals surface area contributed by atoms with Crippen LogP contribution >= 0.6 is 0 Å². The molecule has 0 saturated carbocycles. The molecule has 1 rings (SSSR count). The van der Waals surface area contributed by atoms with Crippen LogP contribution in [0.25, 0.3) is 0 Å². The van der Waals surface area contributed by atoms with Crippen molar-refractivity contribution in [1.82, 2.24) is 15.2 Å². The first-order valence-corrected chi connectivity index (χ1v) is 5.64. The van der Waals surface area contributed by atoms with Crippen LogP contribution < -0.4 is 10.6 Å². The topological polar surface area (TPSA) is 70.8 Å². The quantitative estimate of drug-likeness (QED) is 0.750. The molecule has 1 heterocycles. The number of aromatic amines is 1. The number of nitrogens with one attached hydrogen (secondary N) is 1. The molecule has 0 saturated heterocycles. The first kappa shape index (κ1) is 11.8. The van der Waals surface area contributed by atoms with Crippen LogP contribution in [0.2, 0.25) is 0 Å². The Morgan fingerprint density at radius 1 is 1.33 bits per heavy atom. The molecule has 0 aromatic carbocycles. The molecule has 0 atom stereocenters. The molecule has 0 spiro atoms. The van der Waals surface area contributed by atoms with Crippen molar-refractivity contribution in [3.63, 3.8) is 0 Å². The van der Waals surface area contributed by atoms with Gasteiger partial charge in [0, 0.05) is 13.1 Å². The molecular weight excluding hydrogens is 190 g/mol. The van der Waals surface area contributed by atoms with Gasteiger partial charge in [0.25, 0.3) is 0 Å². The highest BCUT2D eigenvalue weighted by Crippen LogP contribution is 2.14. The highest BCUT2D eigenvalue weighted by atomic mass is 15.4. The molecule has 0 bridgehead atoms. The van der Waals surface area contributed by atoms with Crippen molar-refractivity contribution in [3.05, 3.63) is 0 Å². The first-order chi connectivity index (χ1) is 7.21. The maximum atomic E-state index is 5.51. The largest absolute Gasteiger partial charge is 0.368 e. The van der Waals surface area contributed by atoms with Gasteiger partial charge in [0.1, 0.15) is 0 Å². The Kier molecular flexibility index (Phi) is 4.39. The first-order valence-electron chi connectivity index (χ1n) is 5.64. The lowest BCUT2D eigenvalue weighted by molar-refractivity contribution is 0.483. The highest BCUT2D eigenvalue weighted by molar-refractivity contribution is 5.33. The second-order valence-corrected chi connectivity index (χ2v) is 3.74. The summed E-state index contributed by atoms with van der Waals surface area (Å²) in [5, 5.41) is 6.74. The lowest BCUT2D eigenvalue weighted by Crippen LogP contribution is -2.29. The van der Waals surface area contributed by atoms with Crippen LogP contribution in [0.3, 0.4) is 0 Å². The Hall–Kier alpha value is -1.26. The molecule has 0 amide bonds. The zero-order valence-electron chi connectivity index (χ0n) is 9.82. The van der Waals surface area contributed by atoms with Crippen LogP contribution in [0.4, 0.5) is 11.9 Å². The van der Waals surface area contributed by atoms with E-state index in [-0.39, 0.29) is 0 Å². The molecule has 0 aliphatic heterocycles. The van der Waals surface area contributed by atoms with E-state index in [1.54, 1.807) is 0 Å². The van der Waals surface area contributed by atoms with Gasteiger partial charge in [-0.25, -0.2) is 5.10 Å². The maximum absolute atomic E-state index is 5.51. The van der Waals surface area contributed by atoms with Crippen molar-refractivity contribution in [1.29, 1.82) is 0 Å². The SMILES string of the molecule is CCC(CC)CN(CC)c1n[nH]c(N)n1. The van der Waals surface area contributed by atoms with Gasteiger partial charge in [0.15, 0.2) is 0 Å². The van der Waals surface area contributed by atoms with Crippen molar-refractivity contribution in [3.8, 4) is 0 Å². The number of rotatable bonds is 6. The van der Waals surface area contributed by atoms with Crippen LogP contribution in [0.15, 0.2) is 0 Å². The summed E-state index contributed by atoms with van der Waals surface area (Å²) in [4.78, 5) is 6.30. The summed E-state index contributed by atoms with van der Waals surface area (Å²) in [5.74, 6) is 1.79. The Balaban J connectivity index is 2.63. The van der Waals surface area contributed by atoms with Crippen LogP contribution in [-0.4, -0.2) is 28.3 Å². The highest BCUT2D eigenvalue weighted by Gasteiger charge is 2.13. The molecule has 0 unspecified atom stereocenters. The van der Waals surface area contributed by atoms with Crippen molar-refractivity contribution < 1.29 is 0 Å². The zero-order chi connectivity index (χ0) is 11.3. The van der Waals surface area contributed by atoms with Gasteiger partial charge in [-0.3, -0.25) is 0 Å². The molecule has 86 valence electrons.